The first-order chi connectivity index (χ1) is 22.0. The molecule has 1 heterocycles. The number of nitrogens with zero attached hydrogens (tertiary/aromatic N) is 1. The predicted octanol–water partition coefficient (Wildman–Crippen LogP) is 6.94. The Bertz CT molecular complexity index is 1570. The smallest absolute Gasteiger partial charge is 0.338 e. The van der Waals surface area contributed by atoms with Crippen LogP contribution in [0.3, 0.4) is 0 Å². The summed E-state index contributed by atoms with van der Waals surface area (Å²) in [5, 5.41) is 8.71. The van der Waals surface area contributed by atoms with E-state index in [1.54, 1.807) is 37.3 Å². The van der Waals surface area contributed by atoms with Gasteiger partial charge in [-0.05, 0) is 92.1 Å². The Balaban J connectivity index is 1.26. The highest BCUT2D eigenvalue weighted by atomic mass is 16.5. The van der Waals surface area contributed by atoms with E-state index < -0.39 is 12.0 Å². The molecule has 0 aromatic heterocycles. The highest BCUT2D eigenvalue weighted by molar-refractivity contribution is 6.04. The van der Waals surface area contributed by atoms with E-state index in [0.717, 1.165) is 50.0 Å². The third-order valence-corrected chi connectivity index (χ3v) is 8.02. The van der Waals surface area contributed by atoms with Gasteiger partial charge in [-0.1, -0.05) is 60.7 Å². The zero-order chi connectivity index (χ0) is 31.4. The number of esters is 1. The lowest BCUT2D eigenvalue weighted by Crippen LogP contribution is -2.36. The van der Waals surface area contributed by atoms with Crippen molar-refractivity contribution in [2.75, 3.05) is 41.8 Å². The molecule has 0 atom stereocenters. The lowest BCUT2D eigenvalue weighted by atomic mass is 9.89. The molecule has 4 aromatic carbocycles. The van der Waals surface area contributed by atoms with Gasteiger partial charge in [-0.15, -0.1) is 0 Å². The topological polar surface area (TPSA) is 99.8 Å². The van der Waals surface area contributed by atoms with Crippen molar-refractivity contribution >= 4 is 35.0 Å². The minimum Gasteiger partial charge on any atom is -0.462 e. The van der Waals surface area contributed by atoms with Crippen molar-refractivity contribution in [2.45, 2.75) is 32.6 Å². The van der Waals surface area contributed by atoms with Crippen LogP contribution >= 0.6 is 0 Å². The first kappa shape index (κ1) is 31.3. The van der Waals surface area contributed by atoms with E-state index in [1.807, 2.05) is 48.5 Å². The number of urea groups is 1. The molecule has 45 heavy (non-hydrogen) atoms. The number of rotatable bonds is 11. The molecule has 8 heteroatoms. The van der Waals surface area contributed by atoms with Crippen molar-refractivity contribution in [1.29, 1.82) is 0 Å². The molecule has 232 valence electrons. The van der Waals surface area contributed by atoms with Gasteiger partial charge in [-0.25, -0.2) is 9.59 Å². The average Bonchev–Trinajstić information content (AvgIpc) is 3.06. The molecule has 4 aromatic rings. The fraction of sp³-hybridized carbons (Fsp3) is 0.270. The highest BCUT2D eigenvalue weighted by Crippen LogP contribution is 2.30. The van der Waals surface area contributed by atoms with E-state index in [4.69, 9.17) is 4.74 Å². The van der Waals surface area contributed by atoms with Gasteiger partial charge in [-0.3, -0.25) is 4.79 Å². The third-order valence-electron chi connectivity index (χ3n) is 8.02. The van der Waals surface area contributed by atoms with Crippen LogP contribution < -0.4 is 20.9 Å². The largest absolute Gasteiger partial charge is 0.462 e. The van der Waals surface area contributed by atoms with Crippen LogP contribution in [0.2, 0.25) is 0 Å². The van der Waals surface area contributed by atoms with Crippen molar-refractivity contribution in [3.63, 3.8) is 0 Å². The van der Waals surface area contributed by atoms with E-state index in [9.17, 15) is 14.4 Å². The Labute approximate surface area is 264 Å². The number of benzene rings is 4. The van der Waals surface area contributed by atoms with Gasteiger partial charge < -0.3 is 25.6 Å². The second-order valence-corrected chi connectivity index (χ2v) is 11.2. The molecular formula is C37H40N4O4. The maximum Gasteiger partial charge on any atom is 0.338 e. The van der Waals surface area contributed by atoms with Gasteiger partial charge in [0.25, 0.3) is 5.91 Å². The number of ether oxygens (including phenoxy) is 1. The number of carbonyl (C=O) groups is 3. The number of hydrogen-bond acceptors (Lipinski definition) is 5. The van der Waals surface area contributed by atoms with Crippen molar-refractivity contribution in [1.82, 2.24) is 5.32 Å². The molecular weight excluding hydrogens is 564 g/mol. The monoisotopic (exact) mass is 604 g/mol. The molecule has 5 rings (SSSR count). The van der Waals surface area contributed by atoms with Crippen LogP contribution in [0.15, 0.2) is 103 Å². The van der Waals surface area contributed by atoms with Crippen molar-refractivity contribution in [2.24, 2.45) is 5.92 Å². The fourth-order valence-electron chi connectivity index (χ4n) is 5.65. The first-order valence-electron chi connectivity index (χ1n) is 15.6. The van der Waals surface area contributed by atoms with Crippen LogP contribution in [0.4, 0.5) is 21.9 Å². The summed E-state index contributed by atoms with van der Waals surface area (Å²) in [6.45, 7) is 4.26. The molecule has 1 aliphatic heterocycles. The van der Waals surface area contributed by atoms with Gasteiger partial charge in [0, 0.05) is 36.7 Å². The summed E-state index contributed by atoms with van der Waals surface area (Å²) in [6, 6.07) is 32.2. The molecule has 1 fully saturated rings. The number of nitrogens with one attached hydrogen (secondary N) is 3. The van der Waals surface area contributed by atoms with Gasteiger partial charge in [0.05, 0.1) is 17.7 Å². The van der Waals surface area contributed by atoms with Crippen LogP contribution in [0.5, 0.6) is 0 Å². The Kier molecular flexibility index (Phi) is 10.8. The molecule has 8 nitrogen and oxygen atoms in total. The standard InChI is InChI=1S/C37H40N4O4/c1-2-45-36(43)30-13-15-31(16-14-30)39-37(44)40-32-17-18-34(33(26-32)35(42)38-22-19-27-9-5-3-6-10-27)41-23-20-29(21-24-41)25-28-11-7-4-8-12-28/h3-18,26,29H,2,19-25H2,1H3,(H,38,42)(H2,39,40,44). The molecule has 0 unspecified atom stereocenters. The molecule has 0 bridgehead atoms. The van der Waals surface area contributed by atoms with Crippen LogP contribution in [-0.2, 0) is 17.6 Å². The summed E-state index contributed by atoms with van der Waals surface area (Å²) in [4.78, 5) is 40.6. The van der Waals surface area contributed by atoms with Crippen molar-refractivity contribution in [3.8, 4) is 0 Å². The highest BCUT2D eigenvalue weighted by Gasteiger charge is 2.24. The van der Waals surface area contributed by atoms with E-state index in [1.165, 1.54) is 5.56 Å². The summed E-state index contributed by atoms with van der Waals surface area (Å²) in [5.74, 6) is 0.0114. The normalized spacial score (nSPS) is 13.1. The minimum absolute atomic E-state index is 0.175. The van der Waals surface area contributed by atoms with E-state index in [0.29, 0.717) is 41.6 Å². The number of carbonyl (C=O) groups excluding carboxylic acids is 3. The van der Waals surface area contributed by atoms with Crippen molar-refractivity contribution < 1.29 is 19.1 Å². The summed E-state index contributed by atoms with van der Waals surface area (Å²) in [6.07, 6.45) is 3.87. The number of piperidine rings is 1. The Hall–Kier alpha value is -5.11. The van der Waals surface area contributed by atoms with Gasteiger partial charge in [0.2, 0.25) is 0 Å². The van der Waals surface area contributed by atoms with Crippen LogP contribution in [0, 0.1) is 5.92 Å². The third kappa shape index (κ3) is 8.95. The van der Waals surface area contributed by atoms with Gasteiger partial charge in [-0.2, -0.15) is 0 Å². The zero-order valence-corrected chi connectivity index (χ0v) is 25.6. The van der Waals surface area contributed by atoms with Crippen LogP contribution in [-0.4, -0.2) is 44.1 Å². The quantitative estimate of drug-likeness (QED) is 0.161. The lowest BCUT2D eigenvalue weighted by Gasteiger charge is -2.35. The Morgan fingerprint density at radius 2 is 1.40 bits per heavy atom. The molecule has 0 saturated carbocycles. The summed E-state index contributed by atoms with van der Waals surface area (Å²) >= 11 is 0. The Morgan fingerprint density at radius 3 is 2.07 bits per heavy atom. The molecule has 1 aliphatic rings. The summed E-state index contributed by atoms with van der Waals surface area (Å²) in [5.41, 5.74) is 5.34. The first-order valence-corrected chi connectivity index (χ1v) is 15.6. The second kappa shape index (κ2) is 15.6. The van der Waals surface area contributed by atoms with Gasteiger partial charge in [0.1, 0.15) is 0 Å². The number of amides is 3. The van der Waals surface area contributed by atoms with E-state index >= 15 is 0 Å². The van der Waals surface area contributed by atoms with Gasteiger partial charge in [0.15, 0.2) is 0 Å². The lowest BCUT2D eigenvalue weighted by molar-refractivity contribution is 0.0526. The molecule has 3 amide bonds. The maximum atomic E-state index is 13.6. The average molecular weight is 605 g/mol. The summed E-state index contributed by atoms with van der Waals surface area (Å²) in [7, 11) is 0. The van der Waals surface area contributed by atoms with Gasteiger partial charge >= 0.3 is 12.0 Å². The fourth-order valence-corrected chi connectivity index (χ4v) is 5.65. The molecule has 3 N–H and O–H groups in total. The van der Waals surface area contributed by atoms with Crippen LogP contribution in [0.25, 0.3) is 0 Å². The maximum absolute atomic E-state index is 13.6. The number of hydrogen-bond donors (Lipinski definition) is 3. The molecule has 0 spiro atoms. The van der Waals surface area contributed by atoms with E-state index in [-0.39, 0.29) is 5.91 Å². The minimum atomic E-state index is -0.455. The SMILES string of the molecule is CCOC(=O)c1ccc(NC(=O)Nc2ccc(N3CCC(Cc4ccccc4)CC3)c(C(=O)NCCc3ccccc3)c2)cc1. The molecule has 0 radical (unpaired) electrons. The van der Waals surface area contributed by atoms with Crippen molar-refractivity contribution in [3.05, 3.63) is 125 Å². The molecule has 1 saturated heterocycles. The van der Waals surface area contributed by atoms with E-state index in [2.05, 4.69) is 45.1 Å². The second-order valence-electron chi connectivity index (χ2n) is 11.2. The number of anilines is 3. The van der Waals surface area contributed by atoms with Crippen LogP contribution in [0.1, 0.15) is 51.6 Å². The zero-order valence-electron chi connectivity index (χ0n) is 25.6. The summed E-state index contributed by atoms with van der Waals surface area (Å²) < 4.78 is 5.01. The predicted molar refractivity (Wildman–Crippen MR) is 179 cm³/mol. The molecule has 0 aliphatic carbocycles. The Morgan fingerprint density at radius 1 is 0.778 bits per heavy atom.